The lowest BCUT2D eigenvalue weighted by atomic mass is 10.0. The zero-order valence-corrected chi connectivity index (χ0v) is 15.9. The van der Waals surface area contributed by atoms with Crippen molar-refractivity contribution in [2.24, 2.45) is 0 Å². The van der Waals surface area contributed by atoms with Crippen LogP contribution in [-0.4, -0.2) is 65.9 Å². The average molecular weight is 390 g/mol. The summed E-state index contributed by atoms with van der Waals surface area (Å²) in [5.41, 5.74) is 0.369. The summed E-state index contributed by atoms with van der Waals surface area (Å²) in [5, 5.41) is 9.65. The summed E-state index contributed by atoms with van der Waals surface area (Å²) >= 11 is 0. The Morgan fingerprint density at radius 3 is 2.67 bits per heavy atom. The number of hydrogen-bond acceptors (Lipinski definition) is 6. The van der Waals surface area contributed by atoms with Gasteiger partial charge in [-0.3, -0.25) is 9.69 Å². The number of sulfone groups is 1. The third-order valence-corrected chi connectivity index (χ3v) is 7.00. The van der Waals surface area contributed by atoms with Gasteiger partial charge in [-0.2, -0.15) is 0 Å². The van der Waals surface area contributed by atoms with Gasteiger partial charge in [-0.25, -0.2) is 8.42 Å². The first-order valence-corrected chi connectivity index (χ1v) is 10.7. The number of aromatic hydroxyl groups is 1. The van der Waals surface area contributed by atoms with Crippen molar-refractivity contribution < 1.29 is 22.7 Å². The van der Waals surface area contributed by atoms with Crippen LogP contribution in [0.25, 0.3) is 0 Å². The fraction of sp³-hybridized carbons (Fsp3) is 0.421. The number of piperazine rings is 1. The van der Waals surface area contributed by atoms with E-state index >= 15 is 0 Å². The van der Waals surface area contributed by atoms with Gasteiger partial charge in [-0.05, 0) is 37.3 Å². The molecule has 2 aliphatic rings. The molecule has 2 fully saturated rings. The number of phenols is 1. The number of nitrogens with zero attached hydrogens (tertiary/aromatic N) is 2. The Bertz CT molecular complexity index is 968. The van der Waals surface area contributed by atoms with Crippen molar-refractivity contribution in [3.63, 3.8) is 0 Å². The van der Waals surface area contributed by atoms with Gasteiger partial charge in [0.15, 0.2) is 9.84 Å². The van der Waals surface area contributed by atoms with Crippen LogP contribution in [0.4, 0.5) is 0 Å². The molecule has 2 atom stereocenters. The quantitative estimate of drug-likeness (QED) is 0.852. The Morgan fingerprint density at radius 1 is 1.19 bits per heavy atom. The van der Waals surface area contributed by atoms with E-state index in [2.05, 4.69) is 4.90 Å². The number of amides is 1. The maximum atomic E-state index is 13.0. The number of furan rings is 1. The SMILES string of the molecule is Cc1ccc(CN2CCN(C(=O)c3cccc(O)c3)[C@H]3CS(=O)(=O)C[C@H]32)o1. The van der Waals surface area contributed by atoms with E-state index < -0.39 is 15.9 Å². The van der Waals surface area contributed by atoms with Gasteiger partial charge in [0.05, 0.1) is 24.1 Å². The maximum absolute atomic E-state index is 13.0. The Morgan fingerprint density at radius 2 is 1.96 bits per heavy atom. The highest BCUT2D eigenvalue weighted by Crippen LogP contribution is 2.30. The lowest BCUT2D eigenvalue weighted by Crippen LogP contribution is -2.60. The third-order valence-electron chi connectivity index (χ3n) is 5.30. The summed E-state index contributed by atoms with van der Waals surface area (Å²) in [6.45, 7) is 3.41. The molecular weight excluding hydrogens is 368 g/mol. The van der Waals surface area contributed by atoms with E-state index in [-0.39, 0.29) is 29.2 Å². The number of rotatable bonds is 3. The second-order valence-corrected chi connectivity index (χ2v) is 9.40. The zero-order chi connectivity index (χ0) is 19.2. The lowest BCUT2D eigenvalue weighted by Gasteiger charge is -2.43. The van der Waals surface area contributed by atoms with Crippen LogP contribution in [0, 0.1) is 6.92 Å². The van der Waals surface area contributed by atoms with Crippen LogP contribution in [0.15, 0.2) is 40.8 Å². The van der Waals surface area contributed by atoms with Crippen LogP contribution in [0.2, 0.25) is 0 Å². The molecule has 27 heavy (non-hydrogen) atoms. The van der Waals surface area contributed by atoms with E-state index in [1.807, 2.05) is 19.1 Å². The number of phenolic OH excluding ortho intramolecular Hbond substituents is 1. The average Bonchev–Trinajstić information content (AvgIpc) is 3.16. The van der Waals surface area contributed by atoms with Crippen molar-refractivity contribution in [2.75, 3.05) is 24.6 Å². The van der Waals surface area contributed by atoms with Gasteiger partial charge in [0.25, 0.3) is 5.91 Å². The van der Waals surface area contributed by atoms with Crippen LogP contribution in [0.3, 0.4) is 0 Å². The first-order chi connectivity index (χ1) is 12.8. The number of fused-ring (bicyclic) bond motifs is 1. The number of hydrogen-bond donors (Lipinski definition) is 1. The Balaban J connectivity index is 1.59. The van der Waals surface area contributed by atoms with E-state index in [0.29, 0.717) is 25.2 Å². The van der Waals surface area contributed by atoms with E-state index in [4.69, 9.17) is 4.42 Å². The van der Waals surface area contributed by atoms with Crippen molar-refractivity contribution in [2.45, 2.75) is 25.6 Å². The molecule has 0 bridgehead atoms. The summed E-state index contributed by atoms with van der Waals surface area (Å²) in [5.74, 6) is 1.40. The Hall–Kier alpha value is -2.32. The zero-order valence-electron chi connectivity index (χ0n) is 15.0. The lowest BCUT2D eigenvalue weighted by molar-refractivity contribution is 0.0284. The predicted octanol–water partition coefficient (Wildman–Crippen LogP) is 1.42. The van der Waals surface area contributed by atoms with Crippen molar-refractivity contribution in [3.8, 4) is 5.75 Å². The Labute approximate surface area is 158 Å². The van der Waals surface area contributed by atoms with Gasteiger partial charge in [-0.15, -0.1) is 0 Å². The largest absolute Gasteiger partial charge is 0.508 e. The van der Waals surface area contributed by atoms with E-state index in [0.717, 1.165) is 11.5 Å². The Kier molecular flexibility index (Phi) is 4.47. The number of carbonyl (C=O) groups excluding carboxylic acids is 1. The smallest absolute Gasteiger partial charge is 0.254 e. The highest BCUT2D eigenvalue weighted by molar-refractivity contribution is 7.91. The minimum absolute atomic E-state index is 0.0169. The summed E-state index contributed by atoms with van der Waals surface area (Å²) in [6, 6.07) is 9.31. The standard InChI is InChI=1S/C19H22N2O5S/c1-13-5-6-16(26-13)10-20-7-8-21(18-12-27(24,25)11-17(18)20)19(23)14-3-2-4-15(22)9-14/h2-6,9,17-18,22H,7-8,10-12H2,1H3/t17-,18+/m1/s1. The van der Waals surface area contributed by atoms with E-state index in [1.165, 1.54) is 12.1 Å². The van der Waals surface area contributed by atoms with Crippen LogP contribution in [0.1, 0.15) is 21.9 Å². The molecule has 8 heteroatoms. The molecule has 7 nitrogen and oxygen atoms in total. The second-order valence-electron chi connectivity index (χ2n) is 7.24. The van der Waals surface area contributed by atoms with Gasteiger partial charge in [0.1, 0.15) is 17.3 Å². The summed E-state index contributed by atoms with van der Waals surface area (Å²) in [6.07, 6.45) is 0. The van der Waals surface area contributed by atoms with Crippen LogP contribution in [-0.2, 0) is 16.4 Å². The summed E-state index contributed by atoms with van der Waals surface area (Å²) in [4.78, 5) is 16.7. The minimum Gasteiger partial charge on any atom is -0.508 e. The number of aryl methyl sites for hydroxylation is 1. The summed E-state index contributed by atoms with van der Waals surface area (Å²) in [7, 11) is -3.22. The van der Waals surface area contributed by atoms with Gasteiger partial charge in [-0.1, -0.05) is 6.07 Å². The molecule has 2 saturated heterocycles. The predicted molar refractivity (Wildman–Crippen MR) is 99.2 cm³/mol. The molecule has 3 heterocycles. The summed E-state index contributed by atoms with van der Waals surface area (Å²) < 4.78 is 30.3. The highest BCUT2D eigenvalue weighted by atomic mass is 32.2. The molecule has 0 saturated carbocycles. The van der Waals surface area contributed by atoms with Crippen LogP contribution in [0.5, 0.6) is 5.75 Å². The molecular formula is C19H22N2O5S. The van der Waals surface area contributed by atoms with Gasteiger partial charge < -0.3 is 14.4 Å². The molecule has 1 N–H and O–H groups in total. The molecule has 2 aliphatic heterocycles. The maximum Gasteiger partial charge on any atom is 0.254 e. The van der Waals surface area contributed by atoms with Crippen molar-refractivity contribution in [1.29, 1.82) is 0 Å². The third kappa shape index (κ3) is 3.59. The van der Waals surface area contributed by atoms with Gasteiger partial charge >= 0.3 is 0 Å². The van der Waals surface area contributed by atoms with Crippen molar-refractivity contribution in [3.05, 3.63) is 53.5 Å². The van der Waals surface area contributed by atoms with Gasteiger partial charge in [0, 0.05) is 24.7 Å². The minimum atomic E-state index is -3.22. The number of carbonyl (C=O) groups is 1. The molecule has 1 aromatic heterocycles. The van der Waals surface area contributed by atoms with Gasteiger partial charge in [0.2, 0.25) is 0 Å². The molecule has 2 aromatic rings. The van der Waals surface area contributed by atoms with E-state index in [9.17, 15) is 18.3 Å². The molecule has 144 valence electrons. The van der Waals surface area contributed by atoms with Crippen molar-refractivity contribution >= 4 is 15.7 Å². The first kappa shape index (κ1) is 18.1. The monoisotopic (exact) mass is 390 g/mol. The fourth-order valence-corrected chi connectivity index (χ4v) is 6.06. The molecule has 4 rings (SSSR count). The van der Waals surface area contributed by atoms with Crippen molar-refractivity contribution in [1.82, 2.24) is 9.80 Å². The second kappa shape index (κ2) is 6.69. The van der Waals surface area contributed by atoms with E-state index in [1.54, 1.807) is 17.0 Å². The highest BCUT2D eigenvalue weighted by Gasteiger charge is 2.48. The first-order valence-electron chi connectivity index (χ1n) is 8.92. The molecule has 0 unspecified atom stereocenters. The molecule has 0 aliphatic carbocycles. The molecule has 0 spiro atoms. The molecule has 0 radical (unpaired) electrons. The van der Waals surface area contributed by atoms with Crippen LogP contribution < -0.4 is 0 Å². The topological polar surface area (TPSA) is 91.1 Å². The number of benzene rings is 1. The molecule has 1 amide bonds. The molecule has 1 aromatic carbocycles. The van der Waals surface area contributed by atoms with Crippen LogP contribution >= 0.6 is 0 Å². The fourth-order valence-electron chi connectivity index (χ4n) is 4.05. The normalized spacial score (nSPS) is 24.7.